The molecule has 1 aliphatic rings. The predicted molar refractivity (Wildman–Crippen MR) is 85.6 cm³/mol. The lowest BCUT2D eigenvalue weighted by atomic mass is 9.85. The lowest BCUT2D eigenvalue weighted by Gasteiger charge is -2.30. The molecule has 1 fully saturated rings. The zero-order chi connectivity index (χ0) is 14.8. The number of para-hydroxylation sites is 1. The lowest BCUT2D eigenvalue weighted by Crippen LogP contribution is -2.34. The van der Waals surface area contributed by atoms with E-state index in [0.717, 1.165) is 28.8 Å². The number of aromatic nitrogens is 1. The van der Waals surface area contributed by atoms with Crippen LogP contribution in [-0.2, 0) is 0 Å². The van der Waals surface area contributed by atoms with Crippen molar-refractivity contribution in [1.29, 1.82) is 0 Å². The van der Waals surface area contributed by atoms with Crippen molar-refractivity contribution in [3.63, 3.8) is 0 Å². The van der Waals surface area contributed by atoms with Crippen LogP contribution in [-0.4, -0.2) is 36.4 Å². The summed E-state index contributed by atoms with van der Waals surface area (Å²) in [6, 6.07) is 9.65. The maximum atomic E-state index is 12.8. The number of anilines is 1. The van der Waals surface area contributed by atoms with E-state index in [-0.39, 0.29) is 5.91 Å². The third-order valence-corrected chi connectivity index (χ3v) is 4.31. The highest BCUT2D eigenvalue weighted by Gasteiger charge is 2.23. The van der Waals surface area contributed by atoms with Gasteiger partial charge < -0.3 is 10.2 Å². The first-order chi connectivity index (χ1) is 10.2. The van der Waals surface area contributed by atoms with E-state index < -0.39 is 0 Å². The quantitative estimate of drug-likeness (QED) is 0.937. The molecule has 4 nitrogen and oxygen atoms in total. The molecule has 0 spiro atoms. The average Bonchev–Trinajstić information content (AvgIpc) is 2.48. The Labute approximate surface area is 125 Å². The summed E-state index contributed by atoms with van der Waals surface area (Å²) in [5.74, 6) is 1.49. The molecule has 0 unspecified atom stereocenters. The summed E-state index contributed by atoms with van der Waals surface area (Å²) in [7, 11) is 3.72. The van der Waals surface area contributed by atoms with Crippen molar-refractivity contribution < 1.29 is 4.79 Å². The van der Waals surface area contributed by atoms with Gasteiger partial charge in [-0.25, -0.2) is 4.98 Å². The van der Waals surface area contributed by atoms with E-state index in [1.807, 2.05) is 49.3 Å². The van der Waals surface area contributed by atoms with Crippen molar-refractivity contribution in [2.24, 2.45) is 5.92 Å². The monoisotopic (exact) mass is 283 g/mol. The normalized spacial score (nSPS) is 14.8. The van der Waals surface area contributed by atoms with Gasteiger partial charge in [-0.05, 0) is 30.9 Å². The minimum Gasteiger partial charge on any atom is -0.373 e. The van der Waals surface area contributed by atoms with Crippen molar-refractivity contribution in [3.05, 3.63) is 35.9 Å². The van der Waals surface area contributed by atoms with E-state index in [0.29, 0.717) is 5.92 Å². The number of benzene rings is 1. The van der Waals surface area contributed by atoms with Crippen molar-refractivity contribution in [2.75, 3.05) is 26.0 Å². The fraction of sp³-hybridized carbons (Fsp3) is 0.412. The fourth-order valence-corrected chi connectivity index (χ4v) is 2.83. The Morgan fingerprint density at radius 2 is 2.14 bits per heavy atom. The summed E-state index contributed by atoms with van der Waals surface area (Å²) >= 11 is 0. The first kappa shape index (κ1) is 13.9. The van der Waals surface area contributed by atoms with Gasteiger partial charge >= 0.3 is 0 Å². The van der Waals surface area contributed by atoms with Gasteiger partial charge in [-0.15, -0.1) is 0 Å². The average molecular weight is 283 g/mol. The highest BCUT2D eigenvalue weighted by molar-refractivity contribution is 6.06. The van der Waals surface area contributed by atoms with Crippen LogP contribution in [0.5, 0.6) is 0 Å². The molecule has 110 valence electrons. The zero-order valence-corrected chi connectivity index (χ0v) is 12.6. The highest BCUT2D eigenvalue weighted by Crippen LogP contribution is 2.28. The van der Waals surface area contributed by atoms with Crippen LogP contribution < -0.4 is 5.32 Å². The van der Waals surface area contributed by atoms with Crippen LogP contribution in [0.4, 0.5) is 5.82 Å². The largest absolute Gasteiger partial charge is 0.373 e. The molecule has 1 aromatic carbocycles. The minimum absolute atomic E-state index is 0.0806. The van der Waals surface area contributed by atoms with Crippen LogP contribution in [0.1, 0.15) is 29.6 Å². The molecule has 1 N–H and O–H groups in total. The third-order valence-electron chi connectivity index (χ3n) is 4.31. The number of carbonyl (C=O) groups excluding carboxylic acids is 1. The second-order valence-electron chi connectivity index (χ2n) is 5.80. The Hall–Kier alpha value is -2.10. The van der Waals surface area contributed by atoms with E-state index in [1.54, 1.807) is 0 Å². The van der Waals surface area contributed by atoms with Crippen LogP contribution >= 0.6 is 0 Å². The molecule has 3 rings (SSSR count). The molecule has 1 amide bonds. The molecule has 1 heterocycles. The Kier molecular flexibility index (Phi) is 3.78. The number of pyridine rings is 1. The van der Waals surface area contributed by atoms with Crippen LogP contribution in [0, 0.1) is 5.92 Å². The topological polar surface area (TPSA) is 45.2 Å². The van der Waals surface area contributed by atoms with Crippen LogP contribution in [0.25, 0.3) is 10.9 Å². The molecule has 0 radical (unpaired) electrons. The molecular weight excluding hydrogens is 262 g/mol. The summed E-state index contributed by atoms with van der Waals surface area (Å²) in [5, 5.41) is 3.95. The Morgan fingerprint density at radius 1 is 1.38 bits per heavy atom. The molecule has 21 heavy (non-hydrogen) atoms. The molecule has 1 aromatic heterocycles. The summed E-state index contributed by atoms with van der Waals surface area (Å²) in [4.78, 5) is 19.1. The van der Waals surface area contributed by atoms with Crippen molar-refractivity contribution in [2.45, 2.75) is 19.3 Å². The molecule has 1 aliphatic carbocycles. The molecule has 0 atom stereocenters. The summed E-state index contributed by atoms with van der Waals surface area (Å²) in [6.07, 6.45) is 3.79. The van der Waals surface area contributed by atoms with E-state index in [9.17, 15) is 4.79 Å². The van der Waals surface area contributed by atoms with E-state index in [2.05, 4.69) is 10.3 Å². The van der Waals surface area contributed by atoms with Crippen LogP contribution in [0.15, 0.2) is 30.3 Å². The predicted octanol–water partition coefficient (Wildman–Crippen LogP) is 3.15. The third kappa shape index (κ3) is 2.71. The number of nitrogens with one attached hydrogen (secondary N) is 1. The zero-order valence-electron chi connectivity index (χ0n) is 12.6. The van der Waals surface area contributed by atoms with E-state index in [4.69, 9.17) is 0 Å². The number of amides is 1. The fourth-order valence-electron chi connectivity index (χ4n) is 2.83. The highest BCUT2D eigenvalue weighted by atomic mass is 16.2. The summed E-state index contributed by atoms with van der Waals surface area (Å²) < 4.78 is 0. The second kappa shape index (κ2) is 5.72. The number of hydrogen-bond acceptors (Lipinski definition) is 3. The number of carbonyl (C=O) groups is 1. The van der Waals surface area contributed by atoms with E-state index in [1.165, 1.54) is 19.3 Å². The van der Waals surface area contributed by atoms with Gasteiger partial charge in [0.15, 0.2) is 0 Å². The van der Waals surface area contributed by atoms with Gasteiger partial charge in [-0.2, -0.15) is 0 Å². The van der Waals surface area contributed by atoms with Crippen molar-refractivity contribution >= 4 is 22.6 Å². The maximum absolute atomic E-state index is 12.8. The van der Waals surface area contributed by atoms with Gasteiger partial charge in [0.25, 0.3) is 5.91 Å². The molecule has 2 aromatic rings. The summed E-state index contributed by atoms with van der Waals surface area (Å²) in [5.41, 5.74) is 1.58. The van der Waals surface area contributed by atoms with Crippen LogP contribution in [0.2, 0.25) is 0 Å². The van der Waals surface area contributed by atoms with Gasteiger partial charge in [0.2, 0.25) is 0 Å². The lowest BCUT2D eigenvalue weighted by molar-refractivity contribution is 0.0747. The molecular formula is C17H21N3O. The SMILES string of the molecule is CNc1cc(C(=O)N(C)CC2CCC2)c2ccccc2n1. The van der Waals surface area contributed by atoms with Crippen molar-refractivity contribution in [3.8, 4) is 0 Å². The van der Waals surface area contributed by atoms with Gasteiger partial charge in [-0.1, -0.05) is 24.6 Å². The Balaban J connectivity index is 1.95. The summed E-state index contributed by atoms with van der Waals surface area (Å²) in [6.45, 7) is 0.852. The second-order valence-corrected chi connectivity index (χ2v) is 5.80. The van der Waals surface area contributed by atoms with Gasteiger partial charge in [0.05, 0.1) is 11.1 Å². The van der Waals surface area contributed by atoms with Gasteiger partial charge in [0, 0.05) is 26.0 Å². The molecule has 4 heteroatoms. The standard InChI is InChI=1S/C17H21N3O/c1-18-16-10-14(13-8-3-4-9-15(13)19-16)17(21)20(2)11-12-6-5-7-12/h3-4,8-10,12H,5-7,11H2,1-2H3,(H,18,19). The molecule has 0 saturated heterocycles. The smallest absolute Gasteiger partial charge is 0.254 e. The first-order valence-electron chi connectivity index (χ1n) is 7.52. The van der Waals surface area contributed by atoms with Crippen molar-refractivity contribution in [1.82, 2.24) is 9.88 Å². The van der Waals surface area contributed by atoms with Crippen LogP contribution in [0.3, 0.4) is 0 Å². The number of nitrogens with zero attached hydrogens (tertiary/aromatic N) is 2. The first-order valence-corrected chi connectivity index (χ1v) is 7.52. The number of hydrogen-bond donors (Lipinski definition) is 1. The number of rotatable bonds is 4. The Bertz CT molecular complexity index is 664. The van der Waals surface area contributed by atoms with Gasteiger partial charge in [-0.3, -0.25) is 4.79 Å². The molecule has 0 aliphatic heterocycles. The minimum atomic E-state index is 0.0806. The van der Waals surface area contributed by atoms with E-state index >= 15 is 0 Å². The van der Waals surface area contributed by atoms with Gasteiger partial charge in [0.1, 0.15) is 5.82 Å². The maximum Gasteiger partial charge on any atom is 0.254 e. The molecule has 0 bridgehead atoms. The Morgan fingerprint density at radius 3 is 2.81 bits per heavy atom. The molecule has 1 saturated carbocycles. The number of fused-ring (bicyclic) bond motifs is 1.